The molecule has 5 rings (SSSR count). The molecule has 0 atom stereocenters. The van der Waals surface area contributed by atoms with E-state index < -0.39 is 0 Å². The van der Waals surface area contributed by atoms with Gasteiger partial charge in [-0.25, -0.2) is 4.98 Å². The van der Waals surface area contributed by atoms with E-state index >= 15 is 0 Å². The van der Waals surface area contributed by atoms with Crippen molar-refractivity contribution in [2.75, 3.05) is 31.1 Å². The fraction of sp³-hybridized carbons (Fsp3) is 0.441. The van der Waals surface area contributed by atoms with Crippen LogP contribution >= 0.6 is 23.2 Å². The first-order valence-electron chi connectivity index (χ1n) is 14.8. The van der Waals surface area contributed by atoms with Crippen molar-refractivity contribution >= 4 is 41.1 Å². The maximum absolute atomic E-state index is 12.7. The fourth-order valence-corrected chi connectivity index (χ4v) is 6.69. The third kappa shape index (κ3) is 6.51. The van der Waals surface area contributed by atoms with Crippen molar-refractivity contribution in [3.8, 4) is 11.1 Å². The standard InChI is InChI=1S/C34H39Cl2N3O3/c1-5-42-30(41)18-26-32(39-15-12-34(3,4)13-16-39)31(29(21-40)37-33(26)36)24-9-10-25-19-38(14-11-23(25)17-24)20-27-22(2)7-6-8-28(27)35/h6-10,17,21H,5,11-16,18-20H2,1-4H3. The van der Waals surface area contributed by atoms with Gasteiger partial charge in [0, 0.05) is 48.9 Å². The number of anilines is 1. The van der Waals surface area contributed by atoms with Crippen LogP contribution in [0.2, 0.25) is 10.2 Å². The molecule has 0 amide bonds. The number of hydrogen-bond donors (Lipinski definition) is 0. The summed E-state index contributed by atoms with van der Waals surface area (Å²) in [5, 5.41) is 0.984. The van der Waals surface area contributed by atoms with Gasteiger partial charge in [-0.3, -0.25) is 14.5 Å². The summed E-state index contributed by atoms with van der Waals surface area (Å²) in [4.78, 5) is 34.3. The van der Waals surface area contributed by atoms with Crippen molar-refractivity contribution in [2.45, 2.75) is 66.5 Å². The molecule has 0 unspecified atom stereocenters. The van der Waals surface area contributed by atoms with Crippen LogP contribution in [-0.2, 0) is 35.5 Å². The van der Waals surface area contributed by atoms with Crippen LogP contribution in [-0.4, -0.2) is 48.4 Å². The van der Waals surface area contributed by atoms with Gasteiger partial charge in [0.1, 0.15) is 10.8 Å². The van der Waals surface area contributed by atoms with Crippen LogP contribution in [0.4, 0.5) is 5.69 Å². The number of pyridine rings is 1. The first-order valence-corrected chi connectivity index (χ1v) is 15.5. The molecule has 2 aliphatic rings. The largest absolute Gasteiger partial charge is 0.466 e. The summed E-state index contributed by atoms with van der Waals surface area (Å²) in [6.07, 6.45) is 3.65. The maximum Gasteiger partial charge on any atom is 0.310 e. The van der Waals surface area contributed by atoms with E-state index in [-0.39, 0.29) is 29.6 Å². The highest BCUT2D eigenvalue weighted by Gasteiger charge is 2.32. The van der Waals surface area contributed by atoms with Gasteiger partial charge in [0.25, 0.3) is 0 Å². The molecule has 0 aliphatic carbocycles. The molecule has 1 aromatic heterocycles. The van der Waals surface area contributed by atoms with Crippen LogP contribution in [0.1, 0.15) is 71.9 Å². The lowest BCUT2D eigenvalue weighted by Crippen LogP contribution is -2.38. The molecule has 1 fully saturated rings. The third-order valence-electron chi connectivity index (χ3n) is 8.74. The van der Waals surface area contributed by atoms with E-state index in [9.17, 15) is 9.59 Å². The zero-order valence-electron chi connectivity index (χ0n) is 24.9. The van der Waals surface area contributed by atoms with Gasteiger partial charge < -0.3 is 9.64 Å². The molecule has 0 bridgehead atoms. The van der Waals surface area contributed by atoms with E-state index in [0.717, 1.165) is 80.1 Å². The van der Waals surface area contributed by atoms with Crippen LogP contribution in [0.25, 0.3) is 11.1 Å². The van der Waals surface area contributed by atoms with Crippen LogP contribution in [0.5, 0.6) is 0 Å². The zero-order chi connectivity index (χ0) is 30.0. The highest BCUT2D eigenvalue weighted by Crippen LogP contribution is 2.43. The molecule has 2 aliphatic heterocycles. The monoisotopic (exact) mass is 607 g/mol. The Morgan fingerprint density at radius 3 is 2.52 bits per heavy atom. The van der Waals surface area contributed by atoms with Crippen molar-refractivity contribution in [1.82, 2.24) is 9.88 Å². The number of fused-ring (bicyclic) bond motifs is 1. The van der Waals surface area contributed by atoms with E-state index in [4.69, 9.17) is 27.9 Å². The summed E-state index contributed by atoms with van der Waals surface area (Å²) < 4.78 is 5.29. The topological polar surface area (TPSA) is 62.7 Å². The Morgan fingerprint density at radius 1 is 1.07 bits per heavy atom. The highest BCUT2D eigenvalue weighted by atomic mass is 35.5. The number of nitrogens with zero attached hydrogens (tertiary/aromatic N) is 3. The normalized spacial score (nSPS) is 16.7. The Balaban J connectivity index is 1.53. The summed E-state index contributed by atoms with van der Waals surface area (Å²) in [6, 6.07) is 12.5. The molecule has 6 nitrogen and oxygen atoms in total. The summed E-state index contributed by atoms with van der Waals surface area (Å²) in [5.41, 5.74) is 8.51. The zero-order valence-corrected chi connectivity index (χ0v) is 26.4. The first kappa shape index (κ1) is 30.5. The van der Waals surface area contributed by atoms with Gasteiger partial charge >= 0.3 is 5.97 Å². The van der Waals surface area contributed by atoms with Gasteiger partial charge in [0.15, 0.2) is 6.29 Å². The number of rotatable bonds is 8. The number of aromatic nitrogens is 1. The molecular weight excluding hydrogens is 569 g/mol. The van der Waals surface area contributed by atoms with Crippen molar-refractivity contribution < 1.29 is 14.3 Å². The lowest BCUT2D eigenvalue weighted by Gasteiger charge is -2.40. The van der Waals surface area contributed by atoms with E-state index in [1.807, 2.05) is 12.1 Å². The number of carbonyl (C=O) groups is 2. The molecule has 1 saturated heterocycles. The van der Waals surface area contributed by atoms with Crippen molar-refractivity contribution in [3.05, 3.63) is 80.1 Å². The lowest BCUT2D eigenvalue weighted by molar-refractivity contribution is -0.142. The number of ether oxygens (including phenoxy) is 1. The molecular formula is C34H39Cl2N3O3. The Hall–Kier alpha value is -2.93. The molecule has 0 saturated carbocycles. The number of aldehydes is 1. The Labute approximate surface area is 259 Å². The number of hydrogen-bond acceptors (Lipinski definition) is 6. The smallest absolute Gasteiger partial charge is 0.310 e. The number of piperidine rings is 1. The van der Waals surface area contributed by atoms with Gasteiger partial charge in [-0.1, -0.05) is 67.4 Å². The molecule has 8 heteroatoms. The van der Waals surface area contributed by atoms with E-state index in [2.05, 4.69) is 59.8 Å². The number of benzene rings is 2. The Kier molecular flexibility index (Phi) is 9.26. The van der Waals surface area contributed by atoms with Gasteiger partial charge in [-0.15, -0.1) is 0 Å². The summed E-state index contributed by atoms with van der Waals surface area (Å²) in [6.45, 7) is 12.9. The minimum Gasteiger partial charge on any atom is -0.466 e. The molecule has 3 heterocycles. The molecule has 2 aromatic carbocycles. The van der Waals surface area contributed by atoms with Gasteiger partial charge in [-0.2, -0.15) is 0 Å². The van der Waals surface area contributed by atoms with Crippen LogP contribution in [0.15, 0.2) is 36.4 Å². The average molecular weight is 609 g/mol. The Bertz CT molecular complexity index is 1470. The first-order chi connectivity index (χ1) is 20.1. The second-order valence-corrected chi connectivity index (χ2v) is 13.0. The number of esters is 1. The maximum atomic E-state index is 12.7. The van der Waals surface area contributed by atoms with E-state index in [1.54, 1.807) is 6.92 Å². The molecule has 222 valence electrons. The van der Waals surface area contributed by atoms with Crippen molar-refractivity contribution in [3.63, 3.8) is 0 Å². The van der Waals surface area contributed by atoms with Crippen LogP contribution in [0, 0.1) is 12.3 Å². The van der Waals surface area contributed by atoms with E-state index in [1.165, 1.54) is 22.3 Å². The SMILES string of the molecule is CCOC(=O)Cc1c(Cl)nc(C=O)c(-c2ccc3c(c2)CCN(Cc2c(C)cccc2Cl)C3)c1N1CCC(C)(C)CC1. The van der Waals surface area contributed by atoms with Gasteiger partial charge in [0.2, 0.25) is 0 Å². The summed E-state index contributed by atoms with van der Waals surface area (Å²) >= 11 is 13.2. The van der Waals surface area contributed by atoms with Crippen molar-refractivity contribution in [2.24, 2.45) is 5.41 Å². The van der Waals surface area contributed by atoms with Gasteiger partial charge in [-0.05, 0) is 72.4 Å². The minimum absolute atomic E-state index is 0.00238. The predicted octanol–water partition coefficient (Wildman–Crippen LogP) is 7.47. The highest BCUT2D eigenvalue weighted by molar-refractivity contribution is 6.31. The van der Waals surface area contributed by atoms with Crippen LogP contribution in [0.3, 0.4) is 0 Å². The molecule has 42 heavy (non-hydrogen) atoms. The second kappa shape index (κ2) is 12.7. The second-order valence-electron chi connectivity index (χ2n) is 12.2. The Morgan fingerprint density at radius 2 is 1.83 bits per heavy atom. The summed E-state index contributed by atoms with van der Waals surface area (Å²) in [5.74, 6) is -0.358. The predicted molar refractivity (Wildman–Crippen MR) is 170 cm³/mol. The number of halogens is 2. The summed E-state index contributed by atoms with van der Waals surface area (Å²) in [7, 11) is 0. The third-order valence-corrected chi connectivity index (χ3v) is 9.41. The molecule has 0 N–H and O–H groups in total. The van der Waals surface area contributed by atoms with Crippen molar-refractivity contribution in [1.29, 1.82) is 0 Å². The molecule has 3 aromatic rings. The number of carbonyl (C=O) groups excluding carboxylic acids is 2. The average Bonchev–Trinajstić information content (AvgIpc) is 2.96. The molecule has 0 spiro atoms. The van der Waals surface area contributed by atoms with Gasteiger partial charge in [0.05, 0.1) is 18.7 Å². The fourth-order valence-electron chi connectivity index (χ4n) is 6.16. The molecule has 0 radical (unpaired) electrons. The lowest BCUT2D eigenvalue weighted by atomic mass is 9.82. The minimum atomic E-state index is -0.358. The van der Waals surface area contributed by atoms with Crippen LogP contribution < -0.4 is 4.90 Å². The number of aryl methyl sites for hydroxylation is 1. The van der Waals surface area contributed by atoms with E-state index in [0.29, 0.717) is 11.3 Å². The quantitative estimate of drug-likeness (QED) is 0.150.